The van der Waals surface area contributed by atoms with Gasteiger partial charge in [0.15, 0.2) is 0 Å². The zero-order chi connectivity index (χ0) is 10.3. The first-order chi connectivity index (χ1) is 6.15. The Kier molecular flexibility index (Phi) is 7.41. The molecule has 0 aromatic heterocycles. The molecule has 0 aliphatic rings. The molecule has 0 aromatic carbocycles. The molecule has 0 heteroatoms. The van der Waals surface area contributed by atoms with Crippen molar-refractivity contribution < 1.29 is 0 Å². The lowest BCUT2D eigenvalue weighted by molar-refractivity contribution is 0.257. The maximum Gasteiger partial charge on any atom is -0.0410 e. The highest BCUT2D eigenvalue weighted by Crippen LogP contribution is 2.29. The van der Waals surface area contributed by atoms with Crippen molar-refractivity contribution in [2.75, 3.05) is 0 Å². The zero-order valence-corrected chi connectivity index (χ0v) is 9.97. The largest absolute Gasteiger partial charge is 0.343 e. The van der Waals surface area contributed by atoms with E-state index in [1.165, 1.54) is 25.7 Å². The highest BCUT2D eigenvalue weighted by molar-refractivity contribution is 4.71. The minimum atomic E-state index is 0.843. The van der Waals surface area contributed by atoms with E-state index >= 15 is 0 Å². The standard InChI is InChI=1S/C13H27/c1-6-9-12(7-2)13(8-3)10-11(4)5/h11-13H,2,6-10H2,1,3-5H3/q-1. The average Bonchev–Trinajstić information content (AvgIpc) is 2.10. The molecule has 0 amide bonds. The van der Waals surface area contributed by atoms with Gasteiger partial charge in [-0.05, 0) is 18.3 Å². The van der Waals surface area contributed by atoms with Gasteiger partial charge >= 0.3 is 0 Å². The zero-order valence-electron chi connectivity index (χ0n) is 9.97. The van der Waals surface area contributed by atoms with Crippen molar-refractivity contribution in [2.24, 2.45) is 17.8 Å². The molecule has 13 heavy (non-hydrogen) atoms. The fourth-order valence-corrected chi connectivity index (χ4v) is 2.28. The van der Waals surface area contributed by atoms with E-state index in [1.807, 2.05) is 0 Å². The maximum atomic E-state index is 4.08. The van der Waals surface area contributed by atoms with E-state index in [0.717, 1.165) is 24.2 Å². The Labute approximate surface area is 85.1 Å². The summed E-state index contributed by atoms with van der Waals surface area (Å²) >= 11 is 0. The van der Waals surface area contributed by atoms with Crippen LogP contribution in [-0.2, 0) is 0 Å². The third-order valence-corrected chi connectivity index (χ3v) is 3.00. The van der Waals surface area contributed by atoms with Crippen LogP contribution in [0.2, 0.25) is 0 Å². The first-order valence-electron chi connectivity index (χ1n) is 5.94. The first-order valence-corrected chi connectivity index (χ1v) is 5.94. The predicted molar refractivity (Wildman–Crippen MR) is 61.6 cm³/mol. The number of hydrogen-bond donors (Lipinski definition) is 0. The summed E-state index contributed by atoms with van der Waals surface area (Å²) in [7, 11) is 0. The average molecular weight is 183 g/mol. The summed E-state index contributed by atoms with van der Waals surface area (Å²) < 4.78 is 0. The van der Waals surface area contributed by atoms with Crippen LogP contribution in [-0.4, -0.2) is 0 Å². The molecule has 0 aliphatic heterocycles. The lowest BCUT2D eigenvalue weighted by atomic mass is 9.80. The summed E-state index contributed by atoms with van der Waals surface area (Å²) in [6, 6.07) is 0. The summed E-state index contributed by atoms with van der Waals surface area (Å²) in [4.78, 5) is 0. The molecule has 0 saturated carbocycles. The monoisotopic (exact) mass is 183 g/mol. The molecule has 0 heterocycles. The van der Waals surface area contributed by atoms with Gasteiger partial charge in [0.2, 0.25) is 0 Å². The minimum Gasteiger partial charge on any atom is -0.343 e. The molecular formula is C13H27-. The van der Waals surface area contributed by atoms with Gasteiger partial charge < -0.3 is 6.92 Å². The first kappa shape index (κ1) is 13.0. The molecule has 80 valence electrons. The molecule has 0 radical (unpaired) electrons. The van der Waals surface area contributed by atoms with Gasteiger partial charge in [0, 0.05) is 0 Å². The topological polar surface area (TPSA) is 0 Å². The Balaban J connectivity index is 4.00. The van der Waals surface area contributed by atoms with Crippen molar-refractivity contribution in [3.63, 3.8) is 0 Å². The smallest absolute Gasteiger partial charge is 0.0410 e. The summed E-state index contributed by atoms with van der Waals surface area (Å²) in [6.45, 7) is 13.3. The van der Waals surface area contributed by atoms with Crippen LogP contribution in [0.3, 0.4) is 0 Å². The van der Waals surface area contributed by atoms with Gasteiger partial charge in [-0.3, -0.25) is 0 Å². The van der Waals surface area contributed by atoms with Crippen molar-refractivity contribution >= 4 is 0 Å². The number of rotatable bonds is 7. The van der Waals surface area contributed by atoms with Crippen molar-refractivity contribution in [3.05, 3.63) is 6.92 Å². The summed E-state index contributed by atoms with van der Waals surface area (Å²) in [5.41, 5.74) is 0. The van der Waals surface area contributed by atoms with E-state index in [-0.39, 0.29) is 0 Å². The van der Waals surface area contributed by atoms with E-state index in [4.69, 9.17) is 0 Å². The van der Waals surface area contributed by atoms with Crippen molar-refractivity contribution in [2.45, 2.75) is 59.8 Å². The van der Waals surface area contributed by atoms with Crippen LogP contribution in [0, 0.1) is 24.7 Å². The SMILES string of the molecule is [CH2-]CC(CCC)C(CC)CC(C)C. The third kappa shape index (κ3) is 5.33. The molecular weight excluding hydrogens is 156 g/mol. The van der Waals surface area contributed by atoms with E-state index in [2.05, 4.69) is 34.6 Å². The Bertz CT molecular complexity index is 105. The second kappa shape index (κ2) is 7.41. The van der Waals surface area contributed by atoms with Crippen LogP contribution in [0.25, 0.3) is 0 Å². The summed E-state index contributed by atoms with van der Waals surface area (Å²) in [5.74, 6) is 2.63. The molecule has 0 rings (SSSR count). The molecule has 0 fully saturated rings. The van der Waals surface area contributed by atoms with Crippen molar-refractivity contribution in [1.29, 1.82) is 0 Å². The minimum absolute atomic E-state index is 0.843. The van der Waals surface area contributed by atoms with Crippen LogP contribution >= 0.6 is 0 Å². The van der Waals surface area contributed by atoms with Crippen LogP contribution in [0.4, 0.5) is 0 Å². The van der Waals surface area contributed by atoms with Gasteiger partial charge in [-0.2, -0.15) is 6.42 Å². The summed E-state index contributed by atoms with van der Waals surface area (Å²) in [5, 5.41) is 0. The lowest BCUT2D eigenvalue weighted by Gasteiger charge is -2.28. The Morgan fingerprint density at radius 3 is 2.00 bits per heavy atom. The maximum absolute atomic E-state index is 4.08. The van der Waals surface area contributed by atoms with Crippen molar-refractivity contribution in [3.8, 4) is 0 Å². The molecule has 0 spiro atoms. The quantitative estimate of drug-likeness (QED) is 0.502. The van der Waals surface area contributed by atoms with E-state index in [9.17, 15) is 0 Å². The Morgan fingerprint density at radius 2 is 1.69 bits per heavy atom. The third-order valence-electron chi connectivity index (χ3n) is 3.00. The molecule has 0 bridgehead atoms. The highest BCUT2D eigenvalue weighted by Gasteiger charge is 2.16. The van der Waals surface area contributed by atoms with Gasteiger partial charge in [0.05, 0.1) is 0 Å². The highest BCUT2D eigenvalue weighted by atomic mass is 14.2. The second-order valence-corrected chi connectivity index (χ2v) is 4.64. The van der Waals surface area contributed by atoms with Gasteiger partial charge in [0.1, 0.15) is 0 Å². The van der Waals surface area contributed by atoms with Gasteiger partial charge in [-0.25, -0.2) is 0 Å². The number of hydrogen-bond acceptors (Lipinski definition) is 0. The van der Waals surface area contributed by atoms with Crippen LogP contribution in [0.15, 0.2) is 0 Å². The van der Waals surface area contributed by atoms with Crippen molar-refractivity contribution in [1.82, 2.24) is 0 Å². The van der Waals surface area contributed by atoms with Crippen LogP contribution in [0.1, 0.15) is 59.8 Å². The molecule has 0 saturated heterocycles. The molecule has 2 unspecified atom stereocenters. The molecule has 0 nitrogen and oxygen atoms in total. The fraction of sp³-hybridized carbons (Fsp3) is 0.923. The van der Waals surface area contributed by atoms with Gasteiger partial charge in [-0.1, -0.05) is 52.9 Å². The van der Waals surface area contributed by atoms with E-state index < -0.39 is 0 Å². The lowest BCUT2D eigenvalue weighted by Crippen LogP contribution is -2.15. The Hall–Kier alpha value is 0. The van der Waals surface area contributed by atoms with Crippen LogP contribution < -0.4 is 0 Å². The molecule has 0 aromatic rings. The normalized spacial score (nSPS) is 16.2. The Morgan fingerprint density at radius 1 is 1.08 bits per heavy atom. The second-order valence-electron chi connectivity index (χ2n) is 4.64. The van der Waals surface area contributed by atoms with E-state index in [1.54, 1.807) is 0 Å². The van der Waals surface area contributed by atoms with E-state index in [0.29, 0.717) is 0 Å². The molecule has 0 N–H and O–H groups in total. The molecule has 2 atom stereocenters. The molecule has 0 aliphatic carbocycles. The van der Waals surface area contributed by atoms with Crippen LogP contribution in [0.5, 0.6) is 0 Å². The summed E-state index contributed by atoms with van der Waals surface area (Å²) in [6.07, 6.45) is 6.53. The predicted octanol–water partition coefficient (Wildman–Crippen LogP) is 4.70. The fourth-order valence-electron chi connectivity index (χ4n) is 2.28. The van der Waals surface area contributed by atoms with Gasteiger partial charge in [-0.15, -0.1) is 0 Å². The van der Waals surface area contributed by atoms with Gasteiger partial charge in [0.25, 0.3) is 0 Å².